The Morgan fingerprint density at radius 2 is 2.24 bits per heavy atom. The van der Waals surface area contributed by atoms with E-state index in [0.29, 0.717) is 16.3 Å². The van der Waals surface area contributed by atoms with Crippen LogP contribution in [-0.2, 0) is 0 Å². The Bertz CT molecular complexity index is 519. The number of rotatable bonds is 4. The standard InChI is InChI=1S/C12H13ClN2O2/c13-10-3-4-11(17-7-8(16)6-14)12-9(10)2-1-5-15-12/h1-5,8,16H,6-7,14H2. The van der Waals surface area contributed by atoms with Gasteiger partial charge in [-0.1, -0.05) is 11.6 Å². The van der Waals surface area contributed by atoms with Crippen molar-refractivity contribution in [3.05, 3.63) is 35.5 Å². The zero-order valence-corrected chi connectivity index (χ0v) is 9.89. The minimum Gasteiger partial charge on any atom is -0.489 e. The Morgan fingerprint density at radius 3 is 3.00 bits per heavy atom. The molecule has 0 aliphatic rings. The fraction of sp³-hybridized carbons (Fsp3) is 0.250. The molecule has 0 bridgehead atoms. The molecule has 0 aliphatic heterocycles. The van der Waals surface area contributed by atoms with Crippen molar-refractivity contribution >= 4 is 22.5 Å². The van der Waals surface area contributed by atoms with Crippen LogP contribution in [0.3, 0.4) is 0 Å². The average Bonchev–Trinajstić information content (AvgIpc) is 2.38. The number of hydrogen-bond donors (Lipinski definition) is 2. The third kappa shape index (κ3) is 2.66. The van der Waals surface area contributed by atoms with Crippen LogP contribution < -0.4 is 10.5 Å². The molecule has 0 aliphatic carbocycles. The van der Waals surface area contributed by atoms with Gasteiger partial charge in [0, 0.05) is 18.1 Å². The quantitative estimate of drug-likeness (QED) is 0.867. The van der Waals surface area contributed by atoms with Gasteiger partial charge < -0.3 is 15.6 Å². The lowest BCUT2D eigenvalue weighted by Crippen LogP contribution is -2.26. The molecule has 0 fully saturated rings. The highest BCUT2D eigenvalue weighted by Crippen LogP contribution is 2.29. The number of pyridine rings is 1. The SMILES string of the molecule is NCC(O)COc1ccc(Cl)c2cccnc12. The number of aliphatic hydroxyl groups is 1. The van der Waals surface area contributed by atoms with Gasteiger partial charge in [0.05, 0.1) is 5.02 Å². The van der Waals surface area contributed by atoms with Crippen LogP contribution in [0.25, 0.3) is 10.9 Å². The summed E-state index contributed by atoms with van der Waals surface area (Å²) in [5.74, 6) is 0.595. The number of benzene rings is 1. The van der Waals surface area contributed by atoms with Gasteiger partial charge in [-0.15, -0.1) is 0 Å². The van der Waals surface area contributed by atoms with Crippen LogP contribution in [0.4, 0.5) is 0 Å². The molecule has 0 spiro atoms. The van der Waals surface area contributed by atoms with Crippen molar-refractivity contribution < 1.29 is 9.84 Å². The molecule has 1 heterocycles. The maximum absolute atomic E-state index is 9.35. The van der Waals surface area contributed by atoms with Gasteiger partial charge in [0.25, 0.3) is 0 Å². The van der Waals surface area contributed by atoms with Crippen LogP contribution in [-0.4, -0.2) is 29.3 Å². The molecule has 3 N–H and O–H groups in total. The number of nitrogens with two attached hydrogens (primary N) is 1. The van der Waals surface area contributed by atoms with E-state index in [-0.39, 0.29) is 13.2 Å². The number of ether oxygens (including phenoxy) is 1. The minimum atomic E-state index is -0.676. The zero-order valence-electron chi connectivity index (χ0n) is 9.14. The van der Waals surface area contributed by atoms with E-state index >= 15 is 0 Å². The van der Waals surface area contributed by atoms with E-state index in [4.69, 9.17) is 22.1 Å². The van der Waals surface area contributed by atoms with Crippen LogP contribution in [0.2, 0.25) is 5.02 Å². The smallest absolute Gasteiger partial charge is 0.145 e. The zero-order chi connectivity index (χ0) is 12.3. The molecule has 1 atom stereocenters. The van der Waals surface area contributed by atoms with E-state index in [2.05, 4.69) is 4.98 Å². The molecule has 0 saturated heterocycles. The number of aromatic nitrogens is 1. The molecule has 0 saturated carbocycles. The Balaban J connectivity index is 2.32. The molecule has 0 radical (unpaired) electrons. The van der Waals surface area contributed by atoms with E-state index in [0.717, 1.165) is 5.39 Å². The lowest BCUT2D eigenvalue weighted by molar-refractivity contribution is 0.115. The first-order chi connectivity index (χ1) is 8.22. The summed E-state index contributed by atoms with van der Waals surface area (Å²) in [6.07, 6.45) is 0.995. The van der Waals surface area contributed by atoms with Crippen molar-refractivity contribution in [2.75, 3.05) is 13.2 Å². The number of aliphatic hydroxyl groups excluding tert-OH is 1. The summed E-state index contributed by atoms with van der Waals surface area (Å²) in [5, 5.41) is 10.8. The molecular formula is C12H13ClN2O2. The van der Waals surface area contributed by atoms with Gasteiger partial charge in [0.1, 0.15) is 24.0 Å². The van der Waals surface area contributed by atoms with E-state index in [1.165, 1.54) is 0 Å². The molecule has 2 rings (SSSR count). The van der Waals surface area contributed by atoms with E-state index < -0.39 is 6.10 Å². The summed E-state index contributed by atoms with van der Waals surface area (Å²) >= 11 is 6.05. The highest BCUT2D eigenvalue weighted by atomic mass is 35.5. The first kappa shape index (κ1) is 12.1. The Labute approximate surface area is 104 Å². The number of hydrogen-bond acceptors (Lipinski definition) is 4. The molecule has 2 aromatic rings. The van der Waals surface area contributed by atoms with Crippen LogP contribution >= 0.6 is 11.6 Å². The predicted molar refractivity (Wildman–Crippen MR) is 67.3 cm³/mol. The van der Waals surface area contributed by atoms with Gasteiger partial charge in [-0.05, 0) is 24.3 Å². The maximum Gasteiger partial charge on any atom is 0.145 e. The third-order valence-electron chi connectivity index (χ3n) is 2.38. The van der Waals surface area contributed by atoms with Gasteiger partial charge in [-0.2, -0.15) is 0 Å². The summed E-state index contributed by atoms with van der Waals surface area (Å²) in [6, 6.07) is 7.17. The first-order valence-electron chi connectivity index (χ1n) is 5.26. The monoisotopic (exact) mass is 252 g/mol. The van der Waals surface area contributed by atoms with Gasteiger partial charge in [-0.3, -0.25) is 4.98 Å². The summed E-state index contributed by atoms with van der Waals surface area (Å²) in [4.78, 5) is 4.22. The largest absolute Gasteiger partial charge is 0.489 e. The Kier molecular flexibility index (Phi) is 3.78. The molecular weight excluding hydrogens is 240 g/mol. The number of halogens is 1. The normalized spacial score (nSPS) is 12.6. The molecule has 5 heteroatoms. The van der Waals surface area contributed by atoms with Gasteiger partial charge in [0.2, 0.25) is 0 Å². The highest BCUT2D eigenvalue weighted by Gasteiger charge is 2.08. The lowest BCUT2D eigenvalue weighted by Gasteiger charge is -2.12. The van der Waals surface area contributed by atoms with Gasteiger partial charge in [0.15, 0.2) is 0 Å². The summed E-state index contributed by atoms with van der Waals surface area (Å²) in [7, 11) is 0. The van der Waals surface area contributed by atoms with Crippen molar-refractivity contribution in [1.82, 2.24) is 4.98 Å². The summed E-state index contributed by atoms with van der Waals surface area (Å²) < 4.78 is 5.48. The van der Waals surface area contributed by atoms with Crippen molar-refractivity contribution in [3.8, 4) is 5.75 Å². The predicted octanol–water partition coefficient (Wildman–Crippen LogP) is 1.59. The molecule has 1 unspecified atom stereocenters. The van der Waals surface area contributed by atoms with Crippen LogP contribution in [0.5, 0.6) is 5.75 Å². The molecule has 17 heavy (non-hydrogen) atoms. The molecule has 90 valence electrons. The second-order valence-corrected chi connectivity index (χ2v) is 4.05. The van der Waals surface area contributed by atoms with Gasteiger partial charge >= 0.3 is 0 Å². The average molecular weight is 253 g/mol. The number of nitrogens with zero attached hydrogens (tertiary/aromatic N) is 1. The second kappa shape index (κ2) is 5.31. The van der Waals surface area contributed by atoms with Crippen molar-refractivity contribution in [1.29, 1.82) is 0 Å². The van der Waals surface area contributed by atoms with E-state index in [9.17, 15) is 5.11 Å². The minimum absolute atomic E-state index is 0.143. The first-order valence-corrected chi connectivity index (χ1v) is 5.64. The van der Waals surface area contributed by atoms with Crippen LogP contribution in [0.15, 0.2) is 30.5 Å². The molecule has 4 nitrogen and oxygen atoms in total. The van der Waals surface area contributed by atoms with E-state index in [1.807, 2.05) is 12.1 Å². The van der Waals surface area contributed by atoms with Crippen LogP contribution in [0, 0.1) is 0 Å². The van der Waals surface area contributed by atoms with Crippen molar-refractivity contribution in [2.24, 2.45) is 5.73 Å². The fourth-order valence-electron chi connectivity index (χ4n) is 1.48. The Morgan fingerprint density at radius 1 is 1.41 bits per heavy atom. The molecule has 0 amide bonds. The topological polar surface area (TPSA) is 68.4 Å². The molecule has 1 aromatic heterocycles. The van der Waals surface area contributed by atoms with Gasteiger partial charge in [-0.25, -0.2) is 0 Å². The lowest BCUT2D eigenvalue weighted by atomic mass is 10.2. The highest BCUT2D eigenvalue weighted by molar-refractivity contribution is 6.35. The molecule has 1 aromatic carbocycles. The Hall–Kier alpha value is -1.36. The summed E-state index contributed by atoms with van der Waals surface area (Å²) in [6.45, 7) is 0.308. The van der Waals surface area contributed by atoms with Crippen molar-refractivity contribution in [2.45, 2.75) is 6.10 Å². The maximum atomic E-state index is 9.35. The van der Waals surface area contributed by atoms with E-state index in [1.54, 1.807) is 18.3 Å². The fourth-order valence-corrected chi connectivity index (χ4v) is 1.70. The third-order valence-corrected chi connectivity index (χ3v) is 2.71. The second-order valence-electron chi connectivity index (χ2n) is 3.65. The summed E-state index contributed by atoms with van der Waals surface area (Å²) in [5.41, 5.74) is 5.99. The van der Waals surface area contributed by atoms with Crippen LogP contribution in [0.1, 0.15) is 0 Å². The van der Waals surface area contributed by atoms with Crippen molar-refractivity contribution in [3.63, 3.8) is 0 Å². The number of fused-ring (bicyclic) bond motifs is 1.